The molecule has 0 aliphatic rings. The van der Waals surface area contributed by atoms with Crippen molar-refractivity contribution in [2.24, 2.45) is 0 Å². The van der Waals surface area contributed by atoms with Gasteiger partial charge in [-0.25, -0.2) is 4.98 Å². The first kappa shape index (κ1) is 14.3. The van der Waals surface area contributed by atoms with E-state index in [-0.39, 0.29) is 5.56 Å². The number of fused-ring (bicyclic) bond motifs is 1. The zero-order chi connectivity index (χ0) is 15.0. The van der Waals surface area contributed by atoms with E-state index in [4.69, 9.17) is 11.6 Å². The number of aromatic nitrogens is 2. The van der Waals surface area contributed by atoms with Gasteiger partial charge in [0.15, 0.2) is 0 Å². The lowest BCUT2D eigenvalue weighted by molar-refractivity contribution is 0.833. The summed E-state index contributed by atoms with van der Waals surface area (Å²) in [5.74, 6) is 0.733. The van der Waals surface area contributed by atoms with Crippen LogP contribution in [0.3, 0.4) is 0 Å². The van der Waals surface area contributed by atoms with E-state index in [0.717, 1.165) is 16.0 Å². The van der Waals surface area contributed by atoms with Gasteiger partial charge in [0.1, 0.15) is 5.82 Å². The van der Waals surface area contributed by atoms with Gasteiger partial charge in [0.05, 0.1) is 16.6 Å². The van der Waals surface area contributed by atoms with Crippen LogP contribution < -0.4 is 5.56 Å². The highest BCUT2D eigenvalue weighted by atomic mass is 79.9. The summed E-state index contributed by atoms with van der Waals surface area (Å²) in [6.45, 7) is 1.99. The van der Waals surface area contributed by atoms with Crippen LogP contribution in [0.15, 0.2) is 51.7 Å². The molecule has 3 aromatic rings. The van der Waals surface area contributed by atoms with Crippen LogP contribution in [0.25, 0.3) is 16.6 Å². The largest absolute Gasteiger partial charge is 0.268 e. The Hall–Kier alpha value is -1.65. The average molecular weight is 364 g/mol. The summed E-state index contributed by atoms with van der Waals surface area (Å²) in [5.41, 5.74) is 1.42. The Kier molecular flexibility index (Phi) is 3.83. The molecule has 0 atom stereocenters. The van der Waals surface area contributed by atoms with Crippen LogP contribution in [0.2, 0.25) is 5.02 Å². The molecule has 0 N–H and O–H groups in total. The summed E-state index contributed by atoms with van der Waals surface area (Å²) >= 11 is 9.32. The molecule has 3 nitrogen and oxygen atoms in total. The zero-order valence-corrected chi connectivity index (χ0v) is 13.6. The molecule has 0 spiro atoms. The van der Waals surface area contributed by atoms with Crippen molar-refractivity contribution in [2.45, 2.75) is 13.3 Å². The van der Waals surface area contributed by atoms with Crippen LogP contribution in [0.4, 0.5) is 0 Å². The molecule has 2 aromatic carbocycles. The van der Waals surface area contributed by atoms with Gasteiger partial charge >= 0.3 is 0 Å². The van der Waals surface area contributed by atoms with Gasteiger partial charge < -0.3 is 0 Å². The van der Waals surface area contributed by atoms with Crippen molar-refractivity contribution in [3.05, 3.63) is 68.1 Å². The Labute approximate surface area is 135 Å². The Morgan fingerprint density at radius 1 is 1.19 bits per heavy atom. The number of hydrogen-bond donors (Lipinski definition) is 0. The molecule has 3 rings (SSSR count). The summed E-state index contributed by atoms with van der Waals surface area (Å²) in [4.78, 5) is 17.4. The number of rotatable bonds is 2. The second kappa shape index (κ2) is 5.62. The predicted octanol–water partition coefficient (Wildman–Crippen LogP) is 4.36. The first-order valence-corrected chi connectivity index (χ1v) is 7.74. The van der Waals surface area contributed by atoms with Crippen molar-refractivity contribution in [2.75, 3.05) is 0 Å². The number of aryl methyl sites for hydroxylation is 1. The second-order valence-electron chi connectivity index (χ2n) is 4.66. The molecule has 0 amide bonds. The third-order valence-electron chi connectivity index (χ3n) is 3.30. The Morgan fingerprint density at radius 3 is 2.57 bits per heavy atom. The normalized spacial score (nSPS) is 11.0. The van der Waals surface area contributed by atoms with Crippen molar-refractivity contribution in [3.63, 3.8) is 0 Å². The Balaban J connectivity index is 2.37. The molecule has 0 aliphatic carbocycles. The van der Waals surface area contributed by atoms with E-state index in [2.05, 4.69) is 20.9 Å². The highest BCUT2D eigenvalue weighted by Gasteiger charge is 2.11. The molecule has 0 fully saturated rings. The van der Waals surface area contributed by atoms with Crippen LogP contribution in [-0.4, -0.2) is 9.55 Å². The average Bonchev–Trinajstić information content (AvgIpc) is 2.49. The molecule has 0 unspecified atom stereocenters. The molecule has 1 aromatic heterocycles. The molecule has 0 radical (unpaired) electrons. The van der Waals surface area contributed by atoms with Gasteiger partial charge in [0, 0.05) is 15.9 Å². The molecule has 0 saturated carbocycles. The minimum Gasteiger partial charge on any atom is -0.268 e. The third kappa shape index (κ3) is 2.61. The van der Waals surface area contributed by atoms with Gasteiger partial charge in [-0.05, 0) is 42.5 Å². The van der Waals surface area contributed by atoms with E-state index in [9.17, 15) is 4.79 Å². The molecule has 0 aliphatic heterocycles. The molecule has 1 heterocycles. The van der Waals surface area contributed by atoms with Gasteiger partial charge in [-0.15, -0.1) is 0 Å². The Bertz CT molecular complexity index is 872. The number of halogens is 2. The van der Waals surface area contributed by atoms with Crippen molar-refractivity contribution in [1.82, 2.24) is 9.55 Å². The van der Waals surface area contributed by atoms with Gasteiger partial charge in [-0.2, -0.15) is 0 Å². The maximum Gasteiger partial charge on any atom is 0.266 e. The van der Waals surface area contributed by atoms with Gasteiger partial charge in [0.2, 0.25) is 0 Å². The summed E-state index contributed by atoms with van der Waals surface area (Å²) in [6, 6.07) is 12.7. The van der Waals surface area contributed by atoms with E-state index in [1.807, 2.05) is 31.2 Å². The molecule has 0 saturated heterocycles. The van der Waals surface area contributed by atoms with Crippen LogP contribution >= 0.6 is 27.5 Å². The highest BCUT2D eigenvalue weighted by molar-refractivity contribution is 9.10. The molecule has 21 heavy (non-hydrogen) atoms. The van der Waals surface area contributed by atoms with Gasteiger partial charge in [0.25, 0.3) is 5.56 Å². The molecular formula is C16H12BrClN2O. The minimum atomic E-state index is -0.0690. The van der Waals surface area contributed by atoms with E-state index >= 15 is 0 Å². The summed E-state index contributed by atoms with van der Waals surface area (Å²) < 4.78 is 2.51. The van der Waals surface area contributed by atoms with Crippen molar-refractivity contribution < 1.29 is 0 Å². The topological polar surface area (TPSA) is 34.9 Å². The third-order valence-corrected chi connectivity index (χ3v) is 4.05. The van der Waals surface area contributed by atoms with Crippen LogP contribution in [0, 0.1) is 0 Å². The molecule has 5 heteroatoms. The highest BCUT2D eigenvalue weighted by Crippen LogP contribution is 2.19. The SMILES string of the molecule is CCc1nc2ccc(Br)cc2c(=O)n1-c1ccc(Cl)cc1. The van der Waals surface area contributed by atoms with E-state index in [1.54, 1.807) is 22.8 Å². The van der Waals surface area contributed by atoms with Crippen LogP contribution in [-0.2, 0) is 6.42 Å². The monoisotopic (exact) mass is 362 g/mol. The van der Waals surface area contributed by atoms with Crippen LogP contribution in [0.5, 0.6) is 0 Å². The maximum atomic E-state index is 12.8. The summed E-state index contributed by atoms with van der Waals surface area (Å²) in [5, 5.41) is 1.23. The number of nitrogens with zero attached hydrogens (tertiary/aromatic N) is 2. The first-order chi connectivity index (χ1) is 10.1. The fraction of sp³-hybridized carbons (Fsp3) is 0.125. The fourth-order valence-corrected chi connectivity index (χ4v) is 2.78. The lowest BCUT2D eigenvalue weighted by Gasteiger charge is -2.12. The lowest BCUT2D eigenvalue weighted by atomic mass is 10.2. The standard InChI is InChI=1S/C16H12BrClN2O/c1-2-15-19-14-8-3-10(17)9-13(14)16(21)20(15)12-6-4-11(18)5-7-12/h3-9H,2H2,1H3. The molecule has 106 valence electrons. The van der Waals surface area contributed by atoms with E-state index < -0.39 is 0 Å². The lowest BCUT2D eigenvalue weighted by Crippen LogP contribution is -2.23. The fourth-order valence-electron chi connectivity index (χ4n) is 2.30. The first-order valence-electron chi connectivity index (χ1n) is 6.57. The Morgan fingerprint density at radius 2 is 1.90 bits per heavy atom. The molecular weight excluding hydrogens is 352 g/mol. The maximum absolute atomic E-state index is 12.8. The zero-order valence-electron chi connectivity index (χ0n) is 11.3. The van der Waals surface area contributed by atoms with Crippen LogP contribution in [0.1, 0.15) is 12.7 Å². The number of benzene rings is 2. The van der Waals surface area contributed by atoms with Crippen molar-refractivity contribution in [1.29, 1.82) is 0 Å². The predicted molar refractivity (Wildman–Crippen MR) is 89.4 cm³/mol. The summed E-state index contributed by atoms with van der Waals surface area (Å²) in [6.07, 6.45) is 0.671. The quantitative estimate of drug-likeness (QED) is 0.678. The number of hydrogen-bond acceptors (Lipinski definition) is 2. The minimum absolute atomic E-state index is 0.0690. The van der Waals surface area contributed by atoms with E-state index in [1.165, 1.54) is 0 Å². The summed E-state index contributed by atoms with van der Waals surface area (Å²) in [7, 11) is 0. The van der Waals surface area contributed by atoms with Crippen molar-refractivity contribution in [3.8, 4) is 5.69 Å². The smallest absolute Gasteiger partial charge is 0.266 e. The van der Waals surface area contributed by atoms with E-state index in [0.29, 0.717) is 22.3 Å². The second-order valence-corrected chi connectivity index (χ2v) is 6.01. The molecule has 0 bridgehead atoms. The van der Waals surface area contributed by atoms with Crippen molar-refractivity contribution >= 4 is 38.4 Å². The van der Waals surface area contributed by atoms with Gasteiger partial charge in [-0.3, -0.25) is 9.36 Å². The van der Waals surface area contributed by atoms with Gasteiger partial charge in [-0.1, -0.05) is 34.5 Å².